The number of pyridine rings is 2. The van der Waals surface area contributed by atoms with E-state index in [1.165, 1.54) is 6.07 Å². The lowest BCUT2D eigenvalue weighted by molar-refractivity contribution is -0.192. The molecule has 5 rings (SSSR count). The van der Waals surface area contributed by atoms with Gasteiger partial charge in [0.15, 0.2) is 11.5 Å². The second-order valence-electron chi connectivity index (χ2n) is 9.78. The Balaban J connectivity index is 0.000000493. The number of nitrogens with zero attached hydrogens (tertiary/aromatic N) is 6. The third-order valence-corrected chi connectivity index (χ3v) is 6.90. The lowest BCUT2D eigenvalue weighted by Crippen LogP contribution is -2.52. The van der Waals surface area contributed by atoms with Gasteiger partial charge in [-0.1, -0.05) is 0 Å². The number of imidazole rings is 1. The molecule has 0 aliphatic carbocycles. The van der Waals surface area contributed by atoms with Crippen LogP contribution in [0.3, 0.4) is 0 Å². The second kappa shape index (κ2) is 12.3. The molecule has 0 bridgehead atoms. The van der Waals surface area contributed by atoms with E-state index in [0.29, 0.717) is 29.8 Å². The van der Waals surface area contributed by atoms with E-state index in [-0.39, 0.29) is 11.7 Å². The highest BCUT2D eigenvalue weighted by Crippen LogP contribution is 2.35. The largest absolute Gasteiger partial charge is 0.490 e. The van der Waals surface area contributed by atoms with Gasteiger partial charge in [-0.05, 0) is 26.3 Å². The molecule has 15 heteroatoms. The van der Waals surface area contributed by atoms with Crippen LogP contribution in [0.25, 0.3) is 5.65 Å². The number of nitrogens with one attached hydrogen (secondary N) is 1. The molecule has 1 fully saturated rings. The van der Waals surface area contributed by atoms with Gasteiger partial charge in [0, 0.05) is 81.8 Å². The number of alkyl halides is 3. The number of anilines is 3. The van der Waals surface area contributed by atoms with Crippen LogP contribution in [0.15, 0.2) is 30.7 Å². The number of fused-ring (bicyclic) bond motifs is 2. The molecule has 222 valence electrons. The van der Waals surface area contributed by atoms with Crippen LogP contribution in [0, 0.1) is 12.7 Å². The molecule has 2 aliphatic heterocycles. The van der Waals surface area contributed by atoms with Crippen LogP contribution >= 0.6 is 0 Å². The molecule has 3 aromatic rings. The average Bonchev–Trinajstić information content (AvgIpc) is 3.51. The van der Waals surface area contributed by atoms with Crippen molar-refractivity contribution in [3.8, 4) is 0 Å². The number of halogens is 4. The lowest BCUT2D eigenvalue weighted by Gasteiger charge is -2.41. The number of carboxylic acid groups (broad SMARTS) is 1. The van der Waals surface area contributed by atoms with Crippen LogP contribution in [0.1, 0.15) is 18.2 Å². The van der Waals surface area contributed by atoms with Crippen molar-refractivity contribution >= 4 is 34.8 Å². The van der Waals surface area contributed by atoms with Gasteiger partial charge in [0.25, 0.3) is 0 Å². The minimum Gasteiger partial charge on any atom is -0.475 e. The van der Waals surface area contributed by atoms with Gasteiger partial charge in [-0.3, -0.25) is 9.80 Å². The Labute approximate surface area is 233 Å². The Morgan fingerprint density at radius 3 is 2.61 bits per heavy atom. The predicted molar refractivity (Wildman–Crippen MR) is 143 cm³/mol. The number of carboxylic acids is 1. The van der Waals surface area contributed by atoms with Gasteiger partial charge in [-0.15, -0.1) is 0 Å². The van der Waals surface area contributed by atoms with Crippen molar-refractivity contribution in [3.63, 3.8) is 0 Å². The van der Waals surface area contributed by atoms with Crippen molar-refractivity contribution in [1.29, 1.82) is 0 Å². The minimum absolute atomic E-state index is 0.241. The fraction of sp³-hybridized carbons (Fsp3) is 0.462. The number of aryl methyl sites for hydroxylation is 1. The van der Waals surface area contributed by atoms with Crippen LogP contribution in [0.4, 0.5) is 39.5 Å². The van der Waals surface area contributed by atoms with E-state index in [9.17, 15) is 22.4 Å². The molecule has 11 nitrogen and oxygen atoms in total. The summed E-state index contributed by atoms with van der Waals surface area (Å²) in [5, 5.41) is 9.95. The number of aromatic nitrogens is 3. The average molecular weight is 582 g/mol. The number of ether oxygens (including phenoxy) is 1. The first-order valence-electron chi connectivity index (χ1n) is 12.9. The van der Waals surface area contributed by atoms with E-state index in [0.717, 1.165) is 50.5 Å². The Morgan fingerprint density at radius 2 is 1.95 bits per heavy atom. The number of hydrogen-bond donors (Lipinski definition) is 2. The zero-order valence-electron chi connectivity index (χ0n) is 22.8. The van der Waals surface area contributed by atoms with Crippen molar-refractivity contribution in [2.75, 3.05) is 61.6 Å². The maximum atomic E-state index is 14.4. The Kier molecular flexibility index (Phi) is 8.97. The molecule has 0 saturated carbocycles. The number of hydrogen-bond acceptors (Lipinski definition) is 7. The molecule has 0 radical (unpaired) electrons. The number of carbonyl (C=O) groups excluding carboxylic acids is 1. The molecular formula is C26H31F4N7O4. The van der Waals surface area contributed by atoms with Crippen LogP contribution in [-0.4, -0.2) is 95.0 Å². The summed E-state index contributed by atoms with van der Waals surface area (Å²) in [6.45, 7) is 9.03. The maximum absolute atomic E-state index is 14.4. The summed E-state index contributed by atoms with van der Waals surface area (Å²) in [5.74, 6) is -2.57. The SMILES string of the molecule is COCCN1CCN(c2ccnc3c2CCN3C(=O)Nc2cc(F)c3nc(C)cn3c2)C[C@@H]1C.O=C(O)C(F)(F)F. The Hall–Kier alpha value is -3.98. The van der Waals surface area contributed by atoms with Crippen LogP contribution in [-0.2, 0) is 16.0 Å². The first-order valence-corrected chi connectivity index (χ1v) is 12.9. The standard InChI is InChI=1S/C24H30FN7O2.C2HF3O2/c1-16-13-31-15-18(12-20(25)23(31)27-16)28-24(33)32-7-5-19-21(4-6-26-22(19)32)30-9-8-29(10-11-34-3)17(2)14-30;3-2(4,5)1(6)7/h4,6,12-13,15,17H,5,7-11,14H2,1-3H3,(H,28,33);(H,6,7)/t17-;/m0./s1. The van der Waals surface area contributed by atoms with E-state index in [2.05, 4.69) is 32.0 Å². The summed E-state index contributed by atoms with van der Waals surface area (Å²) < 4.78 is 53.0. The minimum atomic E-state index is -5.08. The first-order chi connectivity index (χ1) is 19.4. The van der Waals surface area contributed by atoms with E-state index in [1.54, 1.807) is 41.9 Å². The van der Waals surface area contributed by atoms with Gasteiger partial charge in [0.05, 0.1) is 18.0 Å². The van der Waals surface area contributed by atoms with Crippen LogP contribution in [0.5, 0.6) is 0 Å². The Bertz CT molecular complexity index is 1410. The third kappa shape index (κ3) is 6.85. The summed E-state index contributed by atoms with van der Waals surface area (Å²) in [4.78, 5) is 37.2. The maximum Gasteiger partial charge on any atom is 0.490 e. The highest BCUT2D eigenvalue weighted by atomic mass is 19.4. The number of rotatable bonds is 5. The first kappa shape index (κ1) is 30.0. The molecular weight excluding hydrogens is 550 g/mol. The van der Waals surface area contributed by atoms with E-state index in [1.807, 2.05) is 6.07 Å². The number of carbonyl (C=O) groups is 2. The van der Waals surface area contributed by atoms with Crippen LogP contribution in [0.2, 0.25) is 0 Å². The molecule has 2 N–H and O–H groups in total. The van der Waals surface area contributed by atoms with Gasteiger partial charge >= 0.3 is 18.2 Å². The smallest absolute Gasteiger partial charge is 0.475 e. The van der Waals surface area contributed by atoms with E-state index < -0.39 is 18.0 Å². The third-order valence-electron chi connectivity index (χ3n) is 6.90. The van der Waals surface area contributed by atoms with Gasteiger partial charge in [0.2, 0.25) is 0 Å². The number of urea groups is 1. The molecule has 0 unspecified atom stereocenters. The highest BCUT2D eigenvalue weighted by Gasteiger charge is 2.38. The summed E-state index contributed by atoms with van der Waals surface area (Å²) in [7, 11) is 1.73. The summed E-state index contributed by atoms with van der Waals surface area (Å²) >= 11 is 0. The number of piperazine rings is 1. The second-order valence-corrected chi connectivity index (χ2v) is 9.78. The number of amides is 2. The van der Waals surface area contributed by atoms with Crippen molar-refractivity contribution in [1.82, 2.24) is 19.3 Å². The van der Waals surface area contributed by atoms with Gasteiger partial charge < -0.3 is 24.5 Å². The molecule has 5 heterocycles. The van der Waals surface area contributed by atoms with E-state index in [4.69, 9.17) is 14.6 Å². The normalized spacial score (nSPS) is 17.3. The monoisotopic (exact) mass is 581 g/mol. The van der Waals surface area contributed by atoms with Crippen molar-refractivity contribution in [3.05, 3.63) is 47.8 Å². The Morgan fingerprint density at radius 1 is 1.22 bits per heavy atom. The fourth-order valence-electron chi connectivity index (χ4n) is 4.96. The van der Waals surface area contributed by atoms with Gasteiger partial charge in [-0.2, -0.15) is 13.2 Å². The quantitative estimate of drug-likeness (QED) is 0.440. The number of aliphatic carboxylic acids is 1. The molecule has 2 amide bonds. The molecule has 1 atom stereocenters. The molecule has 41 heavy (non-hydrogen) atoms. The summed E-state index contributed by atoms with van der Waals surface area (Å²) in [6, 6.07) is 3.43. The number of methoxy groups -OCH3 is 1. The van der Waals surface area contributed by atoms with Crippen LogP contribution < -0.4 is 15.1 Å². The topological polar surface area (TPSA) is 116 Å². The van der Waals surface area contributed by atoms with Crippen molar-refractivity contribution in [2.24, 2.45) is 0 Å². The van der Waals surface area contributed by atoms with Crippen molar-refractivity contribution < 1.29 is 37.0 Å². The van der Waals surface area contributed by atoms with Crippen molar-refractivity contribution in [2.45, 2.75) is 32.5 Å². The fourth-order valence-corrected chi connectivity index (χ4v) is 4.96. The lowest BCUT2D eigenvalue weighted by atomic mass is 10.1. The predicted octanol–water partition coefficient (Wildman–Crippen LogP) is 3.56. The molecule has 0 spiro atoms. The highest BCUT2D eigenvalue weighted by molar-refractivity contribution is 6.03. The molecule has 3 aromatic heterocycles. The molecule has 2 aliphatic rings. The van der Waals surface area contributed by atoms with Gasteiger partial charge in [-0.25, -0.2) is 23.9 Å². The van der Waals surface area contributed by atoms with E-state index >= 15 is 0 Å². The zero-order chi connectivity index (χ0) is 29.9. The summed E-state index contributed by atoms with van der Waals surface area (Å²) in [5.41, 5.74) is 3.55. The molecule has 0 aromatic carbocycles. The molecule has 1 saturated heterocycles. The van der Waals surface area contributed by atoms with Gasteiger partial charge in [0.1, 0.15) is 5.82 Å². The summed E-state index contributed by atoms with van der Waals surface area (Å²) in [6.07, 6.45) is 0.810. The zero-order valence-corrected chi connectivity index (χ0v) is 22.8.